The van der Waals surface area contributed by atoms with Crippen molar-refractivity contribution < 1.29 is 14.3 Å². The van der Waals surface area contributed by atoms with Crippen LogP contribution in [0.3, 0.4) is 0 Å². The molecule has 0 radical (unpaired) electrons. The maximum absolute atomic E-state index is 11.7. The molecular formula is C22H25N5O3S. The van der Waals surface area contributed by atoms with E-state index in [1.165, 1.54) is 0 Å². The van der Waals surface area contributed by atoms with Crippen molar-refractivity contribution in [2.45, 2.75) is 19.3 Å². The molecule has 1 atom stereocenters. The molecule has 3 aromatic rings. The zero-order valence-corrected chi connectivity index (χ0v) is 18.6. The van der Waals surface area contributed by atoms with E-state index in [9.17, 15) is 4.79 Å². The van der Waals surface area contributed by atoms with Crippen molar-refractivity contribution >= 4 is 18.1 Å². The molecule has 1 aliphatic heterocycles. The first-order valence-electron chi connectivity index (χ1n) is 9.98. The lowest BCUT2D eigenvalue weighted by molar-refractivity contribution is 0.0821. The van der Waals surface area contributed by atoms with Gasteiger partial charge in [-0.05, 0) is 49.1 Å². The van der Waals surface area contributed by atoms with Gasteiger partial charge < -0.3 is 19.4 Å². The van der Waals surface area contributed by atoms with Gasteiger partial charge in [-0.15, -0.1) is 0 Å². The molecule has 31 heavy (non-hydrogen) atoms. The highest BCUT2D eigenvalue weighted by atomic mass is 32.1. The van der Waals surface area contributed by atoms with Gasteiger partial charge in [-0.2, -0.15) is 5.10 Å². The Balaban J connectivity index is 1.45. The number of fused-ring (bicyclic) bond motifs is 1. The van der Waals surface area contributed by atoms with Gasteiger partial charge in [0, 0.05) is 26.2 Å². The fourth-order valence-electron chi connectivity index (χ4n) is 3.52. The van der Waals surface area contributed by atoms with E-state index in [2.05, 4.69) is 10.2 Å². The van der Waals surface area contributed by atoms with Crippen LogP contribution in [0.5, 0.6) is 11.5 Å². The molecule has 4 rings (SSSR count). The molecule has 0 saturated heterocycles. The second-order valence-electron chi connectivity index (χ2n) is 7.50. The molecule has 162 valence electrons. The van der Waals surface area contributed by atoms with E-state index < -0.39 is 0 Å². The molecule has 8 nitrogen and oxygen atoms in total. The Hall–Kier alpha value is -3.17. The van der Waals surface area contributed by atoms with E-state index in [-0.39, 0.29) is 12.0 Å². The standard InChI is InChI=1S/C22H25N5O3S/c1-23-21(28)16-10-8-15(9-11-16)12-25(2)14-27-22(31)26(3)20(24-27)19-13-29-17-6-4-5-7-18(17)30-19/h4-11,19H,12-14H2,1-3H3,(H,23,28). The number of nitrogens with zero attached hydrogens (tertiary/aromatic N) is 4. The Bertz CT molecular complexity index is 1140. The van der Waals surface area contributed by atoms with Crippen LogP contribution in [0.25, 0.3) is 0 Å². The van der Waals surface area contributed by atoms with E-state index in [1.807, 2.05) is 67.2 Å². The number of ether oxygens (including phenoxy) is 2. The van der Waals surface area contributed by atoms with E-state index >= 15 is 0 Å². The first-order valence-corrected chi connectivity index (χ1v) is 10.4. The average molecular weight is 440 g/mol. The number of amides is 1. The Morgan fingerprint density at radius 3 is 2.65 bits per heavy atom. The van der Waals surface area contributed by atoms with Crippen molar-refractivity contribution in [3.63, 3.8) is 0 Å². The molecule has 0 aliphatic carbocycles. The van der Waals surface area contributed by atoms with Gasteiger partial charge in [-0.1, -0.05) is 24.3 Å². The minimum atomic E-state index is -0.328. The maximum Gasteiger partial charge on any atom is 0.251 e. The predicted molar refractivity (Wildman–Crippen MR) is 119 cm³/mol. The summed E-state index contributed by atoms with van der Waals surface area (Å²) in [5, 5.41) is 7.34. The highest BCUT2D eigenvalue weighted by Crippen LogP contribution is 2.35. The summed E-state index contributed by atoms with van der Waals surface area (Å²) >= 11 is 5.60. The van der Waals surface area contributed by atoms with E-state index in [0.29, 0.717) is 35.9 Å². The lowest BCUT2D eigenvalue weighted by Crippen LogP contribution is -2.25. The molecule has 1 aliphatic rings. The summed E-state index contributed by atoms with van der Waals surface area (Å²) in [6.07, 6.45) is -0.328. The van der Waals surface area contributed by atoms with Gasteiger partial charge in [0.2, 0.25) is 0 Å². The number of carbonyl (C=O) groups excluding carboxylic acids is 1. The van der Waals surface area contributed by atoms with Crippen molar-refractivity contribution in [3.05, 3.63) is 70.3 Å². The van der Waals surface area contributed by atoms with Crippen molar-refractivity contribution in [1.82, 2.24) is 24.6 Å². The van der Waals surface area contributed by atoms with Crippen LogP contribution >= 0.6 is 12.2 Å². The monoisotopic (exact) mass is 439 g/mol. The summed E-state index contributed by atoms with van der Waals surface area (Å²) in [6.45, 7) is 1.59. The van der Waals surface area contributed by atoms with Crippen LogP contribution in [-0.4, -0.2) is 45.9 Å². The number of aromatic nitrogens is 3. The summed E-state index contributed by atoms with van der Waals surface area (Å²) in [5.41, 5.74) is 1.74. The van der Waals surface area contributed by atoms with Crippen LogP contribution in [0.15, 0.2) is 48.5 Å². The first kappa shape index (κ1) is 21.1. The number of para-hydroxylation sites is 2. The third-order valence-electron chi connectivity index (χ3n) is 5.14. The molecule has 1 N–H and O–H groups in total. The topological polar surface area (TPSA) is 73.6 Å². The smallest absolute Gasteiger partial charge is 0.251 e. The third kappa shape index (κ3) is 4.47. The number of rotatable bonds is 6. The highest BCUT2D eigenvalue weighted by molar-refractivity contribution is 7.71. The van der Waals surface area contributed by atoms with Gasteiger partial charge in [-0.3, -0.25) is 9.69 Å². The molecule has 2 heterocycles. The summed E-state index contributed by atoms with van der Waals surface area (Å²) in [5.74, 6) is 2.07. The molecule has 1 unspecified atom stereocenters. The SMILES string of the molecule is CNC(=O)c1ccc(CN(C)Cn2nc(C3COc4ccccc4O3)n(C)c2=S)cc1. The van der Waals surface area contributed by atoms with Crippen LogP contribution < -0.4 is 14.8 Å². The second-order valence-corrected chi connectivity index (χ2v) is 7.86. The van der Waals surface area contributed by atoms with Crippen LogP contribution in [-0.2, 0) is 20.3 Å². The number of nitrogens with one attached hydrogen (secondary N) is 1. The minimum Gasteiger partial charge on any atom is -0.485 e. The number of carbonyl (C=O) groups is 1. The molecule has 0 saturated carbocycles. The zero-order valence-electron chi connectivity index (χ0n) is 17.7. The second kappa shape index (κ2) is 8.91. The normalized spacial score (nSPS) is 15.2. The summed E-state index contributed by atoms with van der Waals surface area (Å²) in [7, 11) is 5.51. The summed E-state index contributed by atoms with van der Waals surface area (Å²) in [4.78, 5) is 13.8. The third-order valence-corrected chi connectivity index (χ3v) is 5.63. The molecule has 0 spiro atoms. The molecule has 0 bridgehead atoms. The van der Waals surface area contributed by atoms with Crippen molar-refractivity contribution in [2.24, 2.45) is 7.05 Å². The number of hydrogen-bond donors (Lipinski definition) is 1. The van der Waals surface area contributed by atoms with Gasteiger partial charge in [0.05, 0.1) is 6.67 Å². The number of hydrogen-bond acceptors (Lipinski definition) is 6. The molecular weight excluding hydrogens is 414 g/mol. The van der Waals surface area contributed by atoms with Gasteiger partial charge in [0.25, 0.3) is 5.91 Å². The van der Waals surface area contributed by atoms with Crippen molar-refractivity contribution in [2.75, 3.05) is 20.7 Å². The van der Waals surface area contributed by atoms with Crippen molar-refractivity contribution in [3.8, 4) is 11.5 Å². The Morgan fingerprint density at radius 1 is 1.23 bits per heavy atom. The summed E-state index contributed by atoms with van der Waals surface area (Å²) in [6, 6.07) is 15.2. The van der Waals surface area contributed by atoms with Gasteiger partial charge in [0.1, 0.15) is 6.61 Å². The predicted octanol–water partition coefficient (Wildman–Crippen LogP) is 2.91. The fourth-order valence-corrected chi connectivity index (χ4v) is 3.71. The van der Waals surface area contributed by atoms with Crippen LogP contribution in [0.4, 0.5) is 0 Å². The quantitative estimate of drug-likeness (QED) is 0.596. The molecule has 9 heteroatoms. The lowest BCUT2D eigenvalue weighted by Gasteiger charge is -2.25. The largest absolute Gasteiger partial charge is 0.485 e. The fraction of sp³-hybridized carbons (Fsp3) is 0.318. The first-order chi connectivity index (χ1) is 15.0. The Kier molecular flexibility index (Phi) is 6.06. The van der Waals surface area contributed by atoms with Crippen molar-refractivity contribution in [1.29, 1.82) is 0 Å². The van der Waals surface area contributed by atoms with E-state index in [0.717, 1.165) is 17.1 Å². The lowest BCUT2D eigenvalue weighted by atomic mass is 10.1. The van der Waals surface area contributed by atoms with Crippen LogP contribution in [0, 0.1) is 4.77 Å². The van der Waals surface area contributed by atoms with Gasteiger partial charge >= 0.3 is 0 Å². The number of benzene rings is 2. The molecule has 1 aromatic heterocycles. The molecule has 0 fully saturated rings. The zero-order chi connectivity index (χ0) is 22.0. The summed E-state index contributed by atoms with van der Waals surface area (Å²) < 4.78 is 16.2. The Labute approximate surface area is 186 Å². The van der Waals surface area contributed by atoms with Crippen LogP contribution in [0.1, 0.15) is 27.8 Å². The van der Waals surface area contributed by atoms with E-state index in [1.54, 1.807) is 11.7 Å². The molecule has 1 amide bonds. The highest BCUT2D eigenvalue weighted by Gasteiger charge is 2.27. The Morgan fingerprint density at radius 2 is 1.94 bits per heavy atom. The average Bonchev–Trinajstić information content (AvgIpc) is 3.07. The van der Waals surface area contributed by atoms with Gasteiger partial charge in [-0.25, -0.2) is 4.68 Å². The van der Waals surface area contributed by atoms with Gasteiger partial charge in [0.15, 0.2) is 28.2 Å². The maximum atomic E-state index is 11.7. The molecule has 2 aromatic carbocycles. The van der Waals surface area contributed by atoms with E-state index in [4.69, 9.17) is 26.8 Å². The van der Waals surface area contributed by atoms with Crippen LogP contribution in [0.2, 0.25) is 0 Å². The minimum absolute atomic E-state index is 0.0937.